The van der Waals surface area contributed by atoms with E-state index in [1.165, 1.54) is 0 Å². The summed E-state index contributed by atoms with van der Waals surface area (Å²) in [4.78, 5) is 0. The molecule has 0 unspecified atom stereocenters. The van der Waals surface area contributed by atoms with E-state index in [1.54, 1.807) is 0 Å². The summed E-state index contributed by atoms with van der Waals surface area (Å²) in [5.41, 5.74) is 5.65. The Balaban J connectivity index is 0. The van der Waals surface area contributed by atoms with Gasteiger partial charge in [-0.05, 0) is 34.1 Å². The second kappa shape index (κ2) is 5.52. The van der Waals surface area contributed by atoms with Crippen LogP contribution < -0.4 is 11.9 Å². The van der Waals surface area contributed by atoms with Crippen molar-refractivity contribution in [2.45, 2.75) is 45.8 Å². The zero-order valence-electron chi connectivity index (χ0n) is 8.18. The van der Waals surface area contributed by atoms with Gasteiger partial charge in [-0.1, -0.05) is 0 Å². The van der Waals surface area contributed by atoms with Gasteiger partial charge in [-0.2, -0.15) is 0 Å². The van der Waals surface area contributed by atoms with Gasteiger partial charge in [0, 0.05) is 12.1 Å². The van der Waals surface area contributed by atoms with E-state index in [4.69, 9.17) is 10.5 Å². The molecule has 0 aromatic rings. The highest BCUT2D eigenvalue weighted by molar-refractivity contribution is 4.70. The molecule has 0 bridgehead atoms. The van der Waals surface area contributed by atoms with E-state index in [0.29, 0.717) is 6.10 Å². The van der Waals surface area contributed by atoms with Crippen molar-refractivity contribution in [1.82, 2.24) is 6.15 Å². The smallest absolute Gasteiger partial charge is 0.0518 e. The molecule has 0 saturated heterocycles. The third-order valence-corrected chi connectivity index (χ3v) is 1.20. The van der Waals surface area contributed by atoms with Gasteiger partial charge in [0.2, 0.25) is 0 Å². The Kier molecular flexibility index (Phi) is 6.76. The molecule has 11 heavy (non-hydrogen) atoms. The van der Waals surface area contributed by atoms with E-state index in [0.717, 1.165) is 13.0 Å². The van der Waals surface area contributed by atoms with E-state index in [-0.39, 0.29) is 11.7 Å². The first-order valence-corrected chi connectivity index (χ1v) is 3.82. The molecule has 0 aliphatic heterocycles. The molecule has 0 heterocycles. The molecular weight excluding hydrogens is 140 g/mol. The van der Waals surface area contributed by atoms with E-state index in [1.807, 2.05) is 27.7 Å². The van der Waals surface area contributed by atoms with Crippen molar-refractivity contribution in [2.24, 2.45) is 5.73 Å². The molecule has 0 radical (unpaired) electrons. The fourth-order valence-corrected chi connectivity index (χ4v) is 0.558. The third-order valence-electron chi connectivity index (χ3n) is 1.20. The van der Waals surface area contributed by atoms with Crippen LogP contribution in [0.3, 0.4) is 0 Å². The Hall–Kier alpha value is -0.120. The van der Waals surface area contributed by atoms with E-state index in [9.17, 15) is 0 Å². The summed E-state index contributed by atoms with van der Waals surface area (Å²) >= 11 is 0. The highest BCUT2D eigenvalue weighted by Crippen LogP contribution is 2.03. The van der Waals surface area contributed by atoms with Crippen LogP contribution in [0.25, 0.3) is 0 Å². The molecule has 0 saturated carbocycles. The van der Waals surface area contributed by atoms with Crippen LogP contribution in [0.15, 0.2) is 0 Å². The molecule has 0 atom stereocenters. The van der Waals surface area contributed by atoms with Crippen molar-refractivity contribution in [3.05, 3.63) is 0 Å². The molecule has 0 aromatic carbocycles. The second-order valence-corrected chi connectivity index (χ2v) is 3.66. The van der Waals surface area contributed by atoms with Crippen LogP contribution in [0, 0.1) is 0 Å². The molecular formula is C8H22N2O. The van der Waals surface area contributed by atoms with E-state index < -0.39 is 0 Å². The number of ether oxygens (including phenoxy) is 1. The first-order valence-electron chi connectivity index (χ1n) is 3.82. The van der Waals surface area contributed by atoms with Crippen molar-refractivity contribution in [1.29, 1.82) is 0 Å². The Morgan fingerprint density at radius 3 is 2.09 bits per heavy atom. The van der Waals surface area contributed by atoms with Crippen molar-refractivity contribution in [2.75, 3.05) is 6.61 Å². The molecule has 3 heteroatoms. The highest BCUT2D eigenvalue weighted by Gasteiger charge is 2.09. The Morgan fingerprint density at radius 2 is 1.82 bits per heavy atom. The van der Waals surface area contributed by atoms with Crippen molar-refractivity contribution in [3.8, 4) is 0 Å². The van der Waals surface area contributed by atoms with E-state index >= 15 is 0 Å². The maximum atomic E-state index is 5.74. The zero-order valence-corrected chi connectivity index (χ0v) is 8.18. The standard InChI is InChI=1S/C8H19NO.H3N/c1-7(2)10-6-5-8(3,4)9;/h7H,5-6,9H2,1-4H3;1H3. The first-order chi connectivity index (χ1) is 4.42. The van der Waals surface area contributed by atoms with Crippen LogP contribution in [0.2, 0.25) is 0 Å². The van der Waals surface area contributed by atoms with Crippen LogP contribution >= 0.6 is 0 Å². The van der Waals surface area contributed by atoms with Crippen LogP contribution in [0.1, 0.15) is 34.1 Å². The molecule has 0 aliphatic rings. The van der Waals surface area contributed by atoms with Crippen LogP contribution in [-0.2, 0) is 4.74 Å². The van der Waals surface area contributed by atoms with Crippen LogP contribution in [-0.4, -0.2) is 18.2 Å². The average molecular weight is 162 g/mol. The molecule has 5 N–H and O–H groups in total. The van der Waals surface area contributed by atoms with Crippen LogP contribution in [0.4, 0.5) is 0 Å². The molecule has 0 aliphatic carbocycles. The lowest BCUT2D eigenvalue weighted by molar-refractivity contribution is 0.0680. The second-order valence-electron chi connectivity index (χ2n) is 3.66. The van der Waals surface area contributed by atoms with Gasteiger partial charge >= 0.3 is 0 Å². The van der Waals surface area contributed by atoms with Gasteiger partial charge in [-0.15, -0.1) is 0 Å². The summed E-state index contributed by atoms with van der Waals surface area (Å²) in [7, 11) is 0. The summed E-state index contributed by atoms with van der Waals surface area (Å²) in [6.45, 7) is 8.85. The minimum absolute atomic E-state index is 0. The Bertz CT molecular complexity index is 86.6. The van der Waals surface area contributed by atoms with Gasteiger partial charge in [-0.25, -0.2) is 0 Å². The molecule has 0 aromatic heterocycles. The van der Waals surface area contributed by atoms with Gasteiger partial charge in [0.25, 0.3) is 0 Å². The monoisotopic (exact) mass is 162 g/mol. The predicted molar refractivity (Wildman–Crippen MR) is 49.0 cm³/mol. The SMILES string of the molecule is CC(C)OCCC(C)(C)N.N. The van der Waals surface area contributed by atoms with Crippen molar-refractivity contribution in [3.63, 3.8) is 0 Å². The van der Waals surface area contributed by atoms with Crippen LogP contribution in [0.5, 0.6) is 0 Å². The molecule has 0 fully saturated rings. The maximum Gasteiger partial charge on any atom is 0.0518 e. The zero-order chi connectivity index (χ0) is 8.20. The Labute approximate surface area is 69.9 Å². The lowest BCUT2D eigenvalue weighted by Gasteiger charge is -2.18. The molecule has 70 valence electrons. The topological polar surface area (TPSA) is 70.2 Å². The highest BCUT2D eigenvalue weighted by atomic mass is 16.5. The predicted octanol–water partition coefficient (Wildman–Crippen LogP) is 1.70. The summed E-state index contributed by atoms with van der Waals surface area (Å²) < 4.78 is 5.34. The first kappa shape index (κ1) is 13.5. The average Bonchev–Trinajstić information content (AvgIpc) is 1.59. The lowest BCUT2D eigenvalue weighted by Crippen LogP contribution is -2.33. The maximum absolute atomic E-state index is 5.74. The largest absolute Gasteiger partial charge is 0.379 e. The molecule has 3 nitrogen and oxygen atoms in total. The third kappa shape index (κ3) is 13.0. The van der Waals surface area contributed by atoms with Gasteiger partial charge in [0.15, 0.2) is 0 Å². The van der Waals surface area contributed by atoms with Gasteiger partial charge < -0.3 is 16.6 Å². The van der Waals surface area contributed by atoms with Crippen molar-refractivity contribution >= 4 is 0 Å². The van der Waals surface area contributed by atoms with Gasteiger partial charge in [0.1, 0.15) is 0 Å². The number of hydrogen-bond donors (Lipinski definition) is 2. The summed E-state index contributed by atoms with van der Waals surface area (Å²) in [6, 6.07) is 0. The quantitative estimate of drug-likeness (QED) is 0.661. The van der Waals surface area contributed by atoms with E-state index in [2.05, 4.69) is 0 Å². The fraction of sp³-hybridized carbons (Fsp3) is 1.00. The number of hydrogen-bond acceptors (Lipinski definition) is 3. The summed E-state index contributed by atoms with van der Waals surface area (Å²) in [5, 5.41) is 0. The summed E-state index contributed by atoms with van der Waals surface area (Å²) in [6.07, 6.45) is 1.24. The molecule has 0 spiro atoms. The lowest BCUT2D eigenvalue weighted by atomic mass is 10.0. The number of nitrogens with two attached hydrogens (primary N) is 1. The normalized spacial score (nSPS) is 11.5. The van der Waals surface area contributed by atoms with Gasteiger partial charge in [0.05, 0.1) is 6.10 Å². The van der Waals surface area contributed by atoms with Crippen molar-refractivity contribution < 1.29 is 4.74 Å². The fourth-order valence-electron chi connectivity index (χ4n) is 0.558. The molecule has 0 rings (SSSR count). The summed E-state index contributed by atoms with van der Waals surface area (Å²) in [5.74, 6) is 0. The Morgan fingerprint density at radius 1 is 1.36 bits per heavy atom. The molecule has 0 amide bonds. The minimum Gasteiger partial charge on any atom is -0.379 e. The minimum atomic E-state index is -0.0884. The number of rotatable bonds is 4. The van der Waals surface area contributed by atoms with Gasteiger partial charge in [-0.3, -0.25) is 0 Å².